The lowest BCUT2D eigenvalue weighted by Gasteiger charge is -2.16. The molecule has 0 aliphatic carbocycles. The first-order valence-corrected chi connectivity index (χ1v) is 6.77. The van der Waals surface area contributed by atoms with Crippen LogP contribution in [-0.2, 0) is 4.79 Å². The Kier molecular flexibility index (Phi) is 5.23. The summed E-state index contributed by atoms with van der Waals surface area (Å²) in [5.41, 5.74) is 0.737. The molecule has 0 saturated carbocycles. The number of ether oxygens (including phenoxy) is 1. The van der Waals surface area contributed by atoms with Crippen molar-refractivity contribution in [2.75, 3.05) is 31.6 Å². The van der Waals surface area contributed by atoms with E-state index in [4.69, 9.17) is 4.74 Å². The van der Waals surface area contributed by atoms with E-state index in [9.17, 15) is 4.79 Å². The molecule has 1 aliphatic rings. The predicted molar refractivity (Wildman–Crippen MR) is 79.2 cm³/mol. The maximum absolute atomic E-state index is 11.0. The standard InChI is InChI=1S/C14H20N4O2/c1-11(19)18-12-4-2-5-13(10-12)20-9-8-17-14-15-6-3-7-16-14/h2,4-5,10H,3,6-9H2,1H3,(H,18,19)(H2,15,16,17). The largest absolute Gasteiger partial charge is 0.492 e. The zero-order chi connectivity index (χ0) is 14.2. The SMILES string of the molecule is CC(=O)Nc1cccc(OCCNC2=NCCCN2)c1. The molecule has 3 N–H and O–H groups in total. The van der Waals surface area contributed by atoms with E-state index in [-0.39, 0.29) is 5.91 Å². The molecular weight excluding hydrogens is 256 g/mol. The zero-order valence-corrected chi connectivity index (χ0v) is 11.6. The predicted octanol–water partition coefficient (Wildman–Crippen LogP) is 0.963. The molecule has 0 saturated heterocycles. The van der Waals surface area contributed by atoms with Crippen molar-refractivity contribution in [1.82, 2.24) is 10.6 Å². The maximum atomic E-state index is 11.0. The van der Waals surface area contributed by atoms with Crippen LogP contribution >= 0.6 is 0 Å². The number of amides is 1. The van der Waals surface area contributed by atoms with E-state index in [1.165, 1.54) is 6.92 Å². The van der Waals surface area contributed by atoms with E-state index >= 15 is 0 Å². The number of carbonyl (C=O) groups excluding carboxylic acids is 1. The molecular formula is C14H20N4O2. The van der Waals surface area contributed by atoms with Crippen LogP contribution < -0.4 is 20.7 Å². The number of hydrogen-bond acceptors (Lipinski definition) is 5. The minimum absolute atomic E-state index is 0.0924. The number of rotatable bonds is 5. The lowest BCUT2D eigenvalue weighted by molar-refractivity contribution is -0.114. The topological polar surface area (TPSA) is 74.8 Å². The van der Waals surface area contributed by atoms with Crippen molar-refractivity contribution >= 4 is 17.6 Å². The van der Waals surface area contributed by atoms with Gasteiger partial charge in [0.15, 0.2) is 5.96 Å². The summed E-state index contributed by atoms with van der Waals surface area (Å²) >= 11 is 0. The Balaban J connectivity index is 1.73. The van der Waals surface area contributed by atoms with E-state index in [2.05, 4.69) is 20.9 Å². The van der Waals surface area contributed by atoms with Crippen LogP contribution in [0.25, 0.3) is 0 Å². The number of nitrogens with zero attached hydrogens (tertiary/aromatic N) is 1. The van der Waals surface area contributed by atoms with E-state index < -0.39 is 0 Å². The van der Waals surface area contributed by atoms with Crippen LogP contribution in [0.1, 0.15) is 13.3 Å². The van der Waals surface area contributed by atoms with E-state index in [1.54, 1.807) is 6.07 Å². The highest BCUT2D eigenvalue weighted by atomic mass is 16.5. The van der Waals surface area contributed by atoms with Gasteiger partial charge in [0, 0.05) is 31.8 Å². The highest BCUT2D eigenvalue weighted by molar-refractivity contribution is 5.88. The molecule has 1 aliphatic heterocycles. The van der Waals surface area contributed by atoms with Crippen molar-refractivity contribution in [2.45, 2.75) is 13.3 Å². The summed E-state index contributed by atoms with van der Waals surface area (Å²) in [6, 6.07) is 7.34. The highest BCUT2D eigenvalue weighted by Crippen LogP contribution is 2.16. The minimum Gasteiger partial charge on any atom is -0.492 e. The average Bonchev–Trinajstić information content (AvgIpc) is 2.44. The number of guanidine groups is 1. The second-order valence-corrected chi connectivity index (χ2v) is 4.49. The highest BCUT2D eigenvalue weighted by Gasteiger charge is 2.02. The average molecular weight is 276 g/mol. The van der Waals surface area contributed by atoms with Gasteiger partial charge >= 0.3 is 0 Å². The first-order chi connectivity index (χ1) is 9.74. The molecule has 6 nitrogen and oxygen atoms in total. The van der Waals surface area contributed by atoms with Crippen LogP contribution in [0.5, 0.6) is 5.75 Å². The summed E-state index contributed by atoms with van der Waals surface area (Å²) in [7, 11) is 0. The lowest BCUT2D eigenvalue weighted by Crippen LogP contribution is -2.42. The number of anilines is 1. The molecule has 2 rings (SSSR count). The van der Waals surface area contributed by atoms with Crippen LogP contribution in [0.2, 0.25) is 0 Å². The Hall–Kier alpha value is -2.24. The van der Waals surface area contributed by atoms with Gasteiger partial charge < -0.3 is 20.7 Å². The molecule has 6 heteroatoms. The van der Waals surface area contributed by atoms with Crippen LogP contribution in [0.15, 0.2) is 29.3 Å². The summed E-state index contributed by atoms with van der Waals surface area (Å²) in [6.07, 6.45) is 1.08. The molecule has 1 amide bonds. The van der Waals surface area contributed by atoms with Crippen molar-refractivity contribution in [2.24, 2.45) is 4.99 Å². The molecule has 0 bridgehead atoms. The van der Waals surface area contributed by atoms with Crippen LogP contribution in [0.3, 0.4) is 0 Å². The smallest absolute Gasteiger partial charge is 0.221 e. The quantitative estimate of drug-likeness (QED) is 0.700. The summed E-state index contributed by atoms with van der Waals surface area (Å²) in [6.45, 7) is 4.52. The number of hydrogen-bond donors (Lipinski definition) is 3. The van der Waals surface area contributed by atoms with Gasteiger partial charge in [0.05, 0.1) is 6.54 Å². The van der Waals surface area contributed by atoms with Gasteiger partial charge in [-0.25, -0.2) is 0 Å². The Labute approximate surface area is 118 Å². The van der Waals surface area contributed by atoms with E-state index in [1.807, 2.05) is 18.2 Å². The Morgan fingerprint density at radius 1 is 1.50 bits per heavy atom. The molecule has 108 valence electrons. The number of carbonyl (C=O) groups is 1. The fraction of sp³-hybridized carbons (Fsp3) is 0.429. The van der Waals surface area contributed by atoms with Gasteiger partial charge in [-0.2, -0.15) is 0 Å². The third-order valence-corrected chi connectivity index (χ3v) is 2.71. The lowest BCUT2D eigenvalue weighted by atomic mass is 10.3. The Morgan fingerprint density at radius 3 is 3.15 bits per heavy atom. The summed E-state index contributed by atoms with van der Waals surface area (Å²) in [5, 5.41) is 9.09. The molecule has 0 unspecified atom stereocenters. The van der Waals surface area contributed by atoms with E-state index in [0.717, 1.165) is 36.9 Å². The summed E-state index contributed by atoms with van der Waals surface area (Å²) < 4.78 is 5.62. The molecule has 0 spiro atoms. The minimum atomic E-state index is -0.0924. The first-order valence-electron chi connectivity index (χ1n) is 6.77. The van der Waals surface area contributed by atoms with Gasteiger partial charge in [0.1, 0.15) is 12.4 Å². The van der Waals surface area contributed by atoms with Gasteiger partial charge in [-0.15, -0.1) is 0 Å². The Morgan fingerprint density at radius 2 is 2.40 bits per heavy atom. The molecule has 20 heavy (non-hydrogen) atoms. The third-order valence-electron chi connectivity index (χ3n) is 2.71. The van der Waals surface area contributed by atoms with Crippen LogP contribution in [0, 0.1) is 0 Å². The van der Waals surface area contributed by atoms with Gasteiger partial charge in [0.25, 0.3) is 0 Å². The zero-order valence-electron chi connectivity index (χ0n) is 11.6. The molecule has 0 radical (unpaired) electrons. The molecule has 0 atom stereocenters. The van der Waals surface area contributed by atoms with Crippen molar-refractivity contribution in [3.63, 3.8) is 0 Å². The normalized spacial score (nSPS) is 13.9. The molecule has 1 aromatic rings. The van der Waals surface area contributed by atoms with Crippen LogP contribution in [0.4, 0.5) is 5.69 Å². The number of aliphatic imine (C=N–C) groups is 1. The second kappa shape index (κ2) is 7.37. The van der Waals surface area contributed by atoms with Gasteiger partial charge in [-0.05, 0) is 18.6 Å². The molecule has 0 aromatic heterocycles. The molecule has 1 aromatic carbocycles. The molecule has 0 fully saturated rings. The van der Waals surface area contributed by atoms with Gasteiger partial charge in [-0.1, -0.05) is 6.07 Å². The number of benzene rings is 1. The summed E-state index contributed by atoms with van der Waals surface area (Å²) in [5.74, 6) is 1.48. The Bertz CT molecular complexity index is 488. The van der Waals surface area contributed by atoms with Crippen LogP contribution in [-0.4, -0.2) is 38.1 Å². The van der Waals surface area contributed by atoms with Crippen molar-refractivity contribution in [3.8, 4) is 5.75 Å². The van der Waals surface area contributed by atoms with Crippen molar-refractivity contribution < 1.29 is 9.53 Å². The third kappa shape index (κ3) is 4.79. The summed E-state index contributed by atoms with van der Waals surface area (Å²) in [4.78, 5) is 15.3. The maximum Gasteiger partial charge on any atom is 0.221 e. The molecule has 1 heterocycles. The fourth-order valence-electron chi connectivity index (χ4n) is 1.86. The van der Waals surface area contributed by atoms with Crippen molar-refractivity contribution in [3.05, 3.63) is 24.3 Å². The fourth-order valence-corrected chi connectivity index (χ4v) is 1.86. The van der Waals surface area contributed by atoms with Gasteiger partial charge in [-0.3, -0.25) is 9.79 Å². The second-order valence-electron chi connectivity index (χ2n) is 4.49. The first kappa shape index (κ1) is 14.2. The monoisotopic (exact) mass is 276 g/mol. The van der Waals surface area contributed by atoms with Crippen molar-refractivity contribution in [1.29, 1.82) is 0 Å². The number of nitrogens with one attached hydrogen (secondary N) is 3. The van der Waals surface area contributed by atoms with E-state index in [0.29, 0.717) is 13.2 Å². The van der Waals surface area contributed by atoms with Gasteiger partial charge in [0.2, 0.25) is 5.91 Å².